The van der Waals surface area contributed by atoms with Crippen LogP contribution in [0, 0.1) is 6.92 Å². The normalized spacial score (nSPS) is 12.0. The Morgan fingerprint density at radius 3 is 2.49 bits per heavy atom. The third-order valence-corrected chi connectivity index (χ3v) is 8.14. The van der Waals surface area contributed by atoms with Gasteiger partial charge in [-0.15, -0.1) is 0 Å². The number of unbranched alkanes of at least 4 members (excludes halogenated alkanes) is 1. The summed E-state index contributed by atoms with van der Waals surface area (Å²) in [6, 6.07) is 21.4. The van der Waals surface area contributed by atoms with E-state index in [2.05, 4.69) is 36.3 Å². The fourth-order valence-corrected chi connectivity index (χ4v) is 5.68. The van der Waals surface area contributed by atoms with E-state index in [1.54, 1.807) is 36.8 Å². The Morgan fingerprint density at radius 2 is 1.74 bits per heavy atom. The number of aryl methyl sites for hydroxylation is 2. The summed E-state index contributed by atoms with van der Waals surface area (Å²) in [5.41, 5.74) is 5.77. The molecule has 3 aromatic carbocycles. The molecular formula is C35H41N3O4S. The number of ether oxygens (including phenoxy) is 2. The van der Waals surface area contributed by atoms with Crippen LogP contribution in [0.4, 0.5) is 5.69 Å². The predicted octanol–water partition coefficient (Wildman–Crippen LogP) is 7.42. The van der Waals surface area contributed by atoms with Crippen LogP contribution < -0.4 is 10.1 Å². The maximum absolute atomic E-state index is 12.9. The Kier molecular flexibility index (Phi) is 12.3. The lowest BCUT2D eigenvalue weighted by molar-refractivity contribution is -0.111. The molecule has 1 atom stereocenters. The van der Waals surface area contributed by atoms with Crippen molar-refractivity contribution in [1.82, 2.24) is 9.55 Å². The standard InChI is InChI=1S/C35H41N3O4S/c1-4-6-18-41-19-20-42-33-12-8-29(9-13-33)30-22-27(3)21-28(23-30)7-16-35(39)37-31-10-14-34(15-11-31)43(40)25-32-24-36-26-38(32)17-5-2/h7-16,21-24,26H,4-6,17-20,25H2,1-3H3,(H,37,39)/b16-7+/t43-/m1/s1. The largest absolute Gasteiger partial charge is 0.491 e. The van der Waals surface area contributed by atoms with Gasteiger partial charge in [0.15, 0.2) is 0 Å². The molecule has 0 radical (unpaired) electrons. The van der Waals surface area contributed by atoms with E-state index in [4.69, 9.17) is 9.47 Å². The zero-order valence-electron chi connectivity index (χ0n) is 25.3. The van der Waals surface area contributed by atoms with Crippen LogP contribution in [0.25, 0.3) is 17.2 Å². The number of hydrogen-bond acceptors (Lipinski definition) is 5. The van der Waals surface area contributed by atoms with Crippen molar-refractivity contribution >= 4 is 28.5 Å². The van der Waals surface area contributed by atoms with Gasteiger partial charge in [-0.25, -0.2) is 4.98 Å². The van der Waals surface area contributed by atoms with Crippen LogP contribution >= 0.6 is 0 Å². The van der Waals surface area contributed by atoms with E-state index in [1.165, 1.54) is 6.08 Å². The highest BCUT2D eigenvalue weighted by molar-refractivity contribution is 7.84. The van der Waals surface area contributed by atoms with Gasteiger partial charge in [-0.3, -0.25) is 9.00 Å². The molecule has 0 bridgehead atoms. The van der Waals surface area contributed by atoms with E-state index in [9.17, 15) is 9.00 Å². The van der Waals surface area contributed by atoms with Crippen molar-refractivity contribution in [1.29, 1.82) is 0 Å². The van der Waals surface area contributed by atoms with Crippen LogP contribution in [0.15, 0.2) is 90.2 Å². The highest BCUT2D eigenvalue weighted by Crippen LogP contribution is 2.25. The Morgan fingerprint density at radius 1 is 0.953 bits per heavy atom. The molecule has 43 heavy (non-hydrogen) atoms. The SMILES string of the molecule is CCCCOCCOc1ccc(-c2cc(C)cc(/C=C/C(=O)Nc3ccc([S@](=O)Cc4cncn4CCC)cc3)c2)cc1. The second kappa shape index (κ2) is 16.6. The molecule has 4 aromatic rings. The lowest BCUT2D eigenvalue weighted by Gasteiger charge is -2.09. The zero-order chi connectivity index (χ0) is 30.4. The van der Waals surface area contributed by atoms with E-state index in [1.807, 2.05) is 47.9 Å². The maximum Gasteiger partial charge on any atom is 0.248 e. The minimum Gasteiger partial charge on any atom is -0.491 e. The second-order valence-electron chi connectivity index (χ2n) is 10.4. The highest BCUT2D eigenvalue weighted by atomic mass is 32.2. The van der Waals surface area contributed by atoms with Gasteiger partial charge in [-0.05, 0) is 90.6 Å². The van der Waals surface area contributed by atoms with Gasteiger partial charge in [0.1, 0.15) is 12.4 Å². The summed E-state index contributed by atoms with van der Waals surface area (Å²) in [4.78, 5) is 17.6. The van der Waals surface area contributed by atoms with E-state index < -0.39 is 10.8 Å². The summed E-state index contributed by atoms with van der Waals surface area (Å²) in [7, 11) is -1.20. The van der Waals surface area contributed by atoms with Gasteiger partial charge in [0.2, 0.25) is 5.91 Å². The molecule has 1 heterocycles. The highest BCUT2D eigenvalue weighted by Gasteiger charge is 2.10. The first-order chi connectivity index (χ1) is 20.9. The predicted molar refractivity (Wildman–Crippen MR) is 175 cm³/mol. The number of nitrogens with one attached hydrogen (secondary N) is 1. The van der Waals surface area contributed by atoms with Crippen LogP contribution in [0.3, 0.4) is 0 Å². The monoisotopic (exact) mass is 599 g/mol. The summed E-state index contributed by atoms with van der Waals surface area (Å²) in [5, 5.41) is 2.89. The zero-order valence-corrected chi connectivity index (χ0v) is 26.1. The number of benzene rings is 3. The molecule has 7 nitrogen and oxygen atoms in total. The number of nitrogens with zero attached hydrogens (tertiary/aromatic N) is 2. The Hall–Kier alpha value is -4.01. The van der Waals surface area contributed by atoms with Crippen LogP contribution in [-0.4, -0.2) is 39.5 Å². The molecule has 0 fully saturated rings. The molecule has 8 heteroatoms. The summed E-state index contributed by atoms with van der Waals surface area (Å²) in [5.74, 6) is 0.978. The third kappa shape index (κ3) is 10.0. The van der Waals surface area contributed by atoms with Gasteiger partial charge in [0.05, 0.1) is 35.2 Å². The van der Waals surface area contributed by atoms with Crippen molar-refractivity contribution in [3.8, 4) is 16.9 Å². The number of carbonyl (C=O) groups excluding carboxylic acids is 1. The molecule has 1 amide bonds. The Bertz CT molecular complexity index is 1510. The van der Waals surface area contributed by atoms with Gasteiger partial charge in [0, 0.05) is 36.0 Å². The number of anilines is 1. The lowest BCUT2D eigenvalue weighted by atomic mass is 10.00. The van der Waals surface area contributed by atoms with Crippen molar-refractivity contribution in [2.45, 2.75) is 57.2 Å². The van der Waals surface area contributed by atoms with Crippen LogP contribution in [0.5, 0.6) is 5.75 Å². The van der Waals surface area contributed by atoms with Gasteiger partial charge < -0.3 is 19.4 Å². The molecule has 1 aromatic heterocycles. The third-order valence-electron chi connectivity index (χ3n) is 6.78. The van der Waals surface area contributed by atoms with Crippen LogP contribution in [-0.2, 0) is 32.6 Å². The first-order valence-electron chi connectivity index (χ1n) is 14.8. The summed E-state index contributed by atoms with van der Waals surface area (Å²) < 4.78 is 26.3. The van der Waals surface area contributed by atoms with E-state index in [0.717, 1.165) is 66.1 Å². The average molecular weight is 600 g/mol. The van der Waals surface area contributed by atoms with E-state index >= 15 is 0 Å². The van der Waals surface area contributed by atoms with Crippen molar-refractivity contribution in [3.05, 3.63) is 102 Å². The van der Waals surface area contributed by atoms with E-state index in [-0.39, 0.29) is 5.91 Å². The maximum atomic E-state index is 12.9. The average Bonchev–Trinajstić information content (AvgIpc) is 3.44. The fraction of sp³-hybridized carbons (Fsp3) is 0.314. The molecule has 226 valence electrons. The van der Waals surface area contributed by atoms with Crippen molar-refractivity contribution in [2.75, 3.05) is 25.1 Å². The lowest BCUT2D eigenvalue weighted by Crippen LogP contribution is -2.08. The van der Waals surface area contributed by atoms with Crippen molar-refractivity contribution in [3.63, 3.8) is 0 Å². The minimum absolute atomic E-state index is 0.236. The fourth-order valence-electron chi connectivity index (χ4n) is 4.56. The number of hydrogen-bond donors (Lipinski definition) is 1. The number of imidazole rings is 1. The molecule has 0 aliphatic rings. The van der Waals surface area contributed by atoms with Crippen LogP contribution in [0.2, 0.25) is 0 Å². The van der Waals surface area contributed by atoms with Gasteiger partial charge in [0.25, 0.3) is 0 Å². The molecule has 4 rings (SSSR count). The number of carbonyl (C=O) groups is 1. The van der Waals surface area contributed by atoms with Crippen molar-refractivity contribution < 1.29 is 18.5 Å². The molecule has 0 saturated heterocycles. The minimum atomic E-state index is -1.20. The summed E-state index contributed by atoms with van der Waals surface area (Å²) >= 11 is 0. The van der Waals surface area contributed by atoms with Gasteiger partial charge >= 0.3 is 0 Å². The number of rotatable bonds is 16. The topological polar surface area (TPSA) is 82.4 Å². The first-order valence-corrected chi connectivity index (χ1v) is 16.2. The number of amides is 1. The van der Waals surface area contributed by atoms with Gasteiger partial charge in [-0.1, -0.05) is 44.5 Å². The summed E-state index contributed by atoms with van der Waals surface area (Å²) in [6.45, 7) is 9.03. The smallest absolute Gasteiger partial charge is 0.248 e. The van der Waals surface area contributed by atoms with Gasteiger partial charge in [-0.2, -0.15) is 0 Å². The molecule has 0 spiro atoms. The molecule has 0 aliphatic carbocycles. The van der Waals surface area contributed by atoms with Crippen LogP contribution in [0.1, 0.15) is 49.9 Å². The molecular weight excluding hydrogens is 558 g/mol. The van der Waals surface area contributed by atoms with E-state index in [0.29, 0.717) is 29.5 Å². The molecule has 0 saturated carbocycles. The molecule has 0 aliphatic heterocycles. The van der Waals surface area contributed by atoms with Crippen molar-refractivity contribution in [2.24, 2.45) is 0 Å². The molecule has 1 N–H and O–H groups in total. The Labute approximate surface area is 257 Å². The summed E-state index contributed by atoms with van der Waals surface area (Å²) in [6.07, 6.45) is 10.1. The second-order valence-corrected chi connectivity index (χ2v) is 11.8. The quantitative estimate of drug-likeness (QED) is 0.107. The Balaban J connectivity index is 1.31. The number of aromatic nitrogens is 2. The first kappa shape index (κ1) is 31.9. The molecule has 0 unspecified atom stereocenters.